The molecule has 2 rings (SSSR count). The van der Waals surface area contributed by atoms with Crippen LogP contribution in [0.1, 0.15) is 31.2 Å². The highest BCUT2D eigenvalue weighted by Gasteiger charge is 2.22. The van der Waals surface area contributed by atoms with E-state index in [-0.39, 0.29) is 24.7 Å². The number of nitrogens with zero attached hydrogens (tertiary/aromatic N) is 1. The Morgan fingerprint density at radius 3 is 2.74 bits per heavy atom. The molecule has 0 bridgehead atoms. The lowest BCUT2D eigenvalue weighted by atomic mass is 10.1. The minimum Gasteiger partial charge on any atom is -0.497 e. The summed E-state index contributed by atoms with van der Waals surface area (Å²) in [6, 6.07) is 4.84. The molecule has 0 aliphatic heterocycles. The molecule has 1 aromatic heterocycles. The normalized spacial score (nSPS) is 13.7. The number of carbonyl (C=O) groups excluding carboxylic acids is 1. The van der Waals surface area contributed by atoms with Crippen LogP contribution in [0.2, 0.25) is 0 Å². The van der Waals surface area contributed by atoms with Crippen molar-refractivity contribution < 1.29 is 19.1 Å². The number of ether oxygens (including phenoxy) is 1. The maximum Gasteiger partial charge on any atom is 0.318 e. The number of fused-ring (bicyclic) bond motifs is 1. The Morgan fingerprint density at radius 2 is 2.13 bits per heavy atom. The highest BCUT2D eigenvalue weighted by molar-refractivity contribution is 5.84. The van der Waals surface area contributed by atoms with E-state index in [0.29, 0.717) is 5.76 Å². The van der Waals surface area contributed by atoms with Crippen LogP contribution < -0.4 is 10.1 Å². The fourth-order valence-corrected chi connectivity index (χ4v) is 2.43. The molecule has 2 unspecified atom stereocenters. The van der Waals surface area contributed by atoms with Gasteiger partial charge in [0.15, 0.2) is 0 Å². The monoisotopic (exact) mass is 320 g/mol. The lowest BCUT2D eigenvalue weighted by molar-refractivity contribution is 0.154. The Bertz CT molecular complexity index is 695. The molecule has 0 fully saturated rings. The van der Waals surface area contributed by atoms with Gasteiger partial charge in [-0.25, -0.2) is 4.79 Å². The molecule has 126 valence electrons. The molecular formula is C17H24N2O4. The van der Waals surface area contributed by atoms with Crippen LogP contribution in [0.25, 0.3) is 11.0 Å². The second-order valence-corrected chi connectivity index (χ2v) is 5.77. The van der Waals surface area contributed by atoms with Gasteiger partial charge in [-0.1, -0.05) is 0 Å². The van der Waals surface area contributed by atoms with Crippen molar-refractivity contribution in [2.24, 2.45) is 0 Å². The number of amides is 2. The third kappa shape index (κ3) is 3.42. The van der Waals surface area contributed by atoms with Crippen molar-refractivity contribution in [3.8, 4) is 5.75 Å². The van der Waals surface area contributed by atoms with Gasteiger partial charge in [0.05, 0.1) is 25.8 Å². The Hall–Kier alpha value is -2.21. The van der Waals surface area contributed by atoms with Gasteiger partial charge in [0.2, 0.25) is 0 Å². The molecule has 6 heteroatoms. The topological polar surface area (TPSA) is 74.9 Å². The molecule has 0 saturated carbocycles. The van der Waals surface area contributed by atoms with E-state index < -0.39 is 0 Å². The molecular weight excluding hydrogens is 296 g/mol. The lowest BCUT2D eigenvalue weighted by Crippen LogP contribution is -2.44. The summed E-state index contributed by atoms with van der Waals surface area (Å²) in [6.45, 7) is 5.53. The van der Waals surface area contributed by atoms with Crippen molar-refractivity contribution in [3.63, 3.8) is 0 Å². The first kappa shape index (κ1) is 17.1. The summed E-state index contributed by atoms with van der Waals surface area (Å²) >= 11 is 0. The number of likely N-dealkylation sites (N-methyl/N-ethyl adjacent to an activating group) is 1. The van der Waals surface area contributed by atoms with Gasteiger partial charge in [-0.2, -0.15) is 0 Å². The van der Waals surface area contributed by atoms with E-state index >= 15 is 0 Å². The van der Waals surface area contributed by atoms with Crippen molar-refractivity contribution in [3.05, 3.63) is 29.5 Å². The molecule has 2 N–H and O–H groups in total. The van der Waals surface area contributed by atoms with Gasteiger partial charge in [-0.05, 0) is 39.0 Å². The van der Waals surface area contributed by atoms with Gasteiger partial charge in [0.25, 0.3) is 0 Å². The number of nitrogens with one attached hydrogen (secondary N) is 1. The Labute approximate surface area is 136 Å². The number of furan rings is 1. The number of aliphatic hydroxyl groups is 1. The third-order valence-corrected chi connectivity index (χ3v) is 4.16. The van der Waals surface area contributed by atoms with Crippen LogP contribution >= 0.6 is 0 Å². The van der Waals surface area contributed by atoms with E-state index in [4.69, 9.17) is 14.3 Å². The van der Waals surface area contributed by atoms with E-state index in [1.807, 2.05) is 32.0 Å². The van der Waals surface area contributed by atoms with Crippen molar-refractivity contribution in [1.29, 1.82) is 0 Å². The summed E-state index contributed by atoms with van der Waals surface area (Å²) < 4.78 is 11.1. The molecule has 1 aromatic carbocycles. The third-order valence-electron chi connectivity index (χ3n) is 4.16. The average molecular weight is 320 g/mol. The van der Waals surface area contributed by atoms with Gasteiger partial charge >= 0.3 is 6.03 Å². The summed E-state index contributed by atoms with van der Waals surface area (Å²) in [7, 11) is 3.28. The second kappa shape index (κ2) is 6.91. The van der Waals surface area contributed by atoms with Gasteiger partial charge in [0.1, 0.15) is 17.1 Å². The number of aliphatic hydroxyl groups excluding tert-OH is 1. The van der Waals surface area contributed by atoms with E-state index in [0.717, 1.165) is 22.3 Å². The Balaban J connectivity index is 2.22. The summed E-state index contributed by atoms with van der Waals surface area (Å²) in [5.74, 6) is 1.48. The highest BCUT2D eigenvalue weighted by atomic mass is 16.5. The minimum atomic E-state index is -0.283. The Morgan fingerprint density at radius 1 is 1.43 bits per heavy atom. The van der Waals surface area contributed by atoms with Gasteiger partial charge in [-0.3, -0.25) is 0 Å². The summed E-state index contributed by atoms with van der Waals surface area (Å²) in [6.07, 6.45) is 0. The molecule has 0 spiro atoms. The van der Waals surface area contributed by atoms with Gasteiger partial charge < -0.3 is 24.5 Å². The van der Waals surface area contributed by atoms with Crippen LogP contribution in [-0.2, 0) is 0 Å². The van der Waals surface area contributed by atoms with Crippen LogP contribution in [0.15, 0.2) is 22.6 Å². The average Bonchev–Trinajstić information content (AvgIpc) is 2.89. The Kier molecular flexibility index (Phi) is 5.15. The molecule has 0 saturated heterocycles. The maximum absolute atomic E-state index is 12.2. The minimum absolute atomic E-state index is 0.0816. The molecule has 23 heavy (non-hydrogen) atoms. The zero-order valence-electron chi connectivity index (χ0n) is 14.2. The lowest BCUT2D eigenvalue weighted by Gasteiger charge is -2.25. The number of benzene rings is 1. The number of hydrogen-bond acceptors (Lipinski definition) is 4. The number of methoxy groups -OCH3 is 1. The predicted octanol–water partition coefficient (Wildman–Crippen LogP) is 2.83. The summed E-state index contributed by atoms with van der Waals surface area (Å²) in [5, 5.41) is 13.0. The number of aryl methyl sites for hydroxylation is 1. The van der Waals surface area contributed by atoms with Crippen molar-refractivity contribution in [1.82, 2.24) is 10.2 Å². The fourth-order valence-electron chi connectivity index (χ4n) is 2.43. The smallest absolute Gasteiger partial charge is 0.318 e. The number of urea groups is 1. The van der Waals surface area contributed by atoms with Crippen molar-refractivity contribution >= 4 is 17.0 Å². The first-order valence-corrected chi connectivity index (χ1v) is 7.60. The second-order valence-electron chi connectivity index (χ2n) is 5.77. The molecule has 0 aliphatic carbocycles. The van der Waals surface area contributed by atoms with Crippen LogP contribution in [0.3, 0.4) is 0 Å². The molecule has 1 heterocycles. The van der Waals surface area contributed by atoms with Crippen LogP contribution in [-0.4, -0.2) is 42.8 Å². The highest BCUT2D eigenvalue weighted by Crippen LogP contribution is 2.31. The van der Waals surface area contributed by atoms with Crippen LogP contribution in [0.5, 0.6) is 5.75 Å². The standard InChI is InChI=1S/C17H24N2O4/c1-10(9-20)19(4)17(21)18-12(3)16-11(2)14-8-13(22-5)6-7-15(14)23-16/h6-8,10,12,20H,9H2,1-5H3,(H,18,21). The quantitative estimate of drug-likeness (QED) is 0.888. The van der Waals surface area contributed by atoms with Crippen molar-refractivity contribution in [2.45, 2.75) is 32.9 Å². The fraction of sp³-hybridized carbons (Fsp3) is 0.471. The van der Waals surface area contributed by atoms with Gasteiger partial charge in [0, 0.05) is 18.0 Å². The summed E-state index contributed by atoms with van der Waals surface area (Å²) in [5.41, 5.74) is 1.74. The molecule has 6 nitrogen and oxygen atoms in total. The first-order valence-electron chi connectivity index (χ1n) is 7.60. The number of rotatable bonds is 5. The molecule has 2 amide bonds. The summed E-state index contributed by atoms with van der Waals surface area (Å²) in [4.78, 5) is 13.7. The van der Waals surface area contributed by atoms with E-state index in [1.165, 1.54) is 4.90 Å². The first-order chi connectivity index (χ1) is 10.9. The number of hydrogen-bond donors (Lipinski definition) is 2. The van der Waals surface area contributed by atoms with E-state index in [2.05, 4.69) is 5.32 Å². The molecule has 0 aliphatic rings. The van der Waals surface area contributed by atoms with E-state index in [9.17, 15) is 4.79 Å². The molecule has 2 atom stereocenters. The molecule has 0 radical (unpaired) electrons. The van der Waals surface area contributed by atoms with Crippen LogP contribution in [0.4, 0.5) is 4.79 Å². The largest absolute Gasteiger partial charge is 0.497 e. The zero-order chi connectivity index (χ0) is 17.1. The zero-order valence-corrected chi connectivity index (χ0v) is 14.2. The van der Waals surface area contributed by atoms with Crippen molar-refractivity contribution in [2.75, 3.05) is 20.8 Å². The number of carbonyl (C=O) groups is 1. The van der Waals surface area contributed by atoms with E-state index in [1.54, 1.807) is 21.1 Å². The van der Waals surface area contributed by atoms with Crippen LogP contribution in [0, 0.1) is 6.92 Å². The SMILES string of the molecule is COc1ccc2oc(C(C)NC(=O)N(C)C(C)CO)c(C)c2c1. The molecule has 2 aromatic rings. The van der Waals surface area contributed by atoms with Gasteiger partial charge in [-0.15, -0.1) is 0 Å². The maximum atomic E-state index is 12.2. The predicted molar refractivity (Wildman–Crippen MR) is 88.8 cm³/mol.